The van der Waals surface area contributed by atoms with Crippen LogP contribution >= 0.6 is 0 Å². The second-order valence-electron chi connectivity index (χ2n) is 8.71. The summed E-state index contributed by atoms with van der Waals surface area (Å²) in [5, 5.41) is 3.00. The van der Waals surface area contributed by atoms with Crippen LogP contribution in [-0.4, -0.2) is 35.0 Å². The van der Waals surface area contributed by atoms with E-state index in [4.69, 9.17) is 4.52 Å². The molecule has 0 N–H and O–H groups in total. The highest BCUT2D eigenvalue weighted by atomic mass is 32.2. The first kappa shape index (κ1) is 22.0. The average molecular weight is 452 g/mol. The molecule has 1 aliphatic heterocycles. The standard InChI is InChI=1S/C24H25N3O4S/c1-16-19(20(26-31-16)17-11-7-5-8-12-17)15-25-21-22(18-13-9-6-10-14-18)32(29,30)27(23(21)28)24(2,3)4/h5-14,22H,15H2,1-4H3. The minimum Gasteiger partial charge on any atom is -0.361 e. The molecule has 1 aromatic heterocycles. The summed E-state index contributed by atoms with van der Waals surface area (Å²) >= 11 is 0. The van der Waals surface area contributed by atoms with Crippen molar-refractivity contribution >= 4 is 21.6 Å². The topological polar surface area (TPSA) is 92.8 Å². The zero-order valence-corrected chi connectivity index (χ0v) is 19.3. The maximum absolute atomic E-state index is 13.5. The van der Waals surface area contributed by atoms with Crippen LogP contribution in [0.4, 0.5) is 0 Å². The van der Waals surface area contributed by atoms with Crippen LogP contribution in [-0.2, 0) is 21.4 Å². The van der Waals surface area contributed by atoms with E-state index >= 15 is 0 Å². The number of aromatic nitrogens is 1. The minimum atomic E-state index is -3.99. The zero-order chi connectivity index (χ0) is 23.1. The Morgan fingerprint density at radius 2 is 1.62 bits per heavy atom. The van der Waals surface area contributed by atoms with Crippen molar-refractivity contribution in [1.29, 1.82) is 0 Å². The van der Waals surface area contributed by atoms with Gasteiger partial charge < -0.3 is 4.52 Å². The average Bonchev–Trinajstić information content (AvgIpc) is 3.20. The molecule has 0 radical (unpaired) electrons. The number of rotatable bonds is 4. The third kappa shape index (κ3) is 3.75. The first-order valence-electron chi connectivity index (χ1n) is 10.3. The molecule has 1 fully saturated rings. The number of aliphatic imine (C=N–C) groups is 1. The van der Waals surface area contributed by atoms with Gasteiger partial charge in [0.05, 0.1) is 12.1 Å². The monoisotopic (exact) mass is 451 g/mol. The highest BCUT2D eigenvalue weighted by molar-refractivity contribution is 7.91. The first-order valence-corrected chi connectivity index (χ1v) is 11.8. The molecule has 32 heavy (non-hydrogen) atoms. The minimum absolute atomic E-state index is 0.00531. The van der Waals surface area contributed by atoms with Gasteiger partial charge in [-0.05, 0) is 33.3 Å². The van der Waals surface area contributed by atoms with E-state index in [0.717, 1.165) is 15.4 Å². The summed E-state index contributed by atoms with van der Waals surface area (Å²) in [5.41, 5.74) is 1.81. The predicted molar refractivity (Wildman–Crippen MR) is 123 cm³/mol. The molecule has 1 unspecified atom stereocenters. The Morgan fingerprint density at radius 3 is 2.22 bits per heavy atom. The molecule has 2 aromatic carbocycles. The van der Waals surface area contributed by atoms with E-state index in [1.807, 2.05) is 30.3 Å². The number of amides is 1. The van der Waals surface area contributed by atoms with Crippen LogP contribution in [0.2, 0.25) is 0 Å². The molecule has 1 saturated heterocycles. The summed E-state index contributed by atoms with van der Waals surface area (Å²) in [6, 6.07) is 18.2. The summed E-state index contributed by atoms with van der Waals surface area (Å²) in [7, 11) is -3.99. The number of benzene rings is 2. The lowest BCUT2D eigenvalue weighted by Gasteiger charge is -2.30. The van der Waals surface area contributed by atoms with E-state index in [9.17, 15) is 13.2 Å². The molecule has 0 bridgehead atoms. The number of hydrogen-bond donors (Lipinski definition) is 0. The number of aryl methyl sites for hydroxylation is 1. The summed E-state index contributed by atoms with van der Waals surface area (Å²) < 4.78 is 33.3. The van der Waals surface area contributed by atoms with Crippen LogP contribution in [0, 0.1) is 6.92 Å². The summed E-state index contributed by atoms with van der Waals surface area (Å²) in [5.74, 6) is -0.0211. The van der Waals surface area contributed by atoms with E-state index in [-0.39, 0.29) is 12.3 Å². The molecule has 0 saturated carbocycles. The van der Waals surface area contributed by atoms with Gasteiger partial charge in [-0.3, -0.25) is 9.79 Å². The predicted octanol–water partition coefficient (Wildman–Crippen LogP) is 4.30. The van der Waals surface area contributed by atoms with Gasteiger partial charge in [0.25, 0.3) is 15.9 Å². The van der Waals surface area contributed by atoms with Crippen molar-refractivity contribution in [2.75, 3.05) is 0 Å². The lowest BCUT2D eigenvalue weighted by atomic mass is 10.0. The quantitative estimate of drug-likeness (QED) is 0.590. The summed E-state index contributed by atoms with van der Waals surface area (Å²) in [4.78, 5) is 17.9. The fourth-order valence-electron chi connectivity index (χ4n) is 3.94. The van der Waals surface area contributed by atoms with Crippen molar-refractivity contribution in [3.05, 3.63) is 77.6 Å². The van der Waals surface area contributed by atoms with Crippen molar-refractivity contribution in [1.82, 2.24) is 9.46 Å². The summed E-state index contributed by atoms with van der Waals surface area (Å²) in [6.07, 6.45) is 0. The van der Waals surface area contributed by atoms with Gasteiger partial charge in [0.2, 0.25) is 0 Å². The van der Waals surface area contributed by atoms with Crippen LogP contribution < -0.4 is 0 Å². The van der Waals surface area contributed by atoms with Crippen molar-refractivity contribution in [3.8, 4) is 11.3 Å². The molecule has 1 amide bonds. The van der Waals surface area contributed by atoms with Gasteiger partial charge in [-0.15, -0.1) is 0 Å². The smallest absolute Gasteiger partial charge is 0.283 e. The number of nitrogens with zero attached hydrogens (tertiary/aromatic N) is 3. The molecule has 2 heterocycles. The van der Waals surface area contributed by atoms with Gasteiger partial charge in [-0.1, -0.05) is 65.8 Å². The van der Waals surface area contributed by atoms with Gasteiger partial charge in [-0.25, -0.2) is 12.7 Å². The maximum Gasteiger partial charge on any atom is 0.283 e. The van der Waals surface area contributed by atoms with E-state index in [0.29, 0.717) is 17.0 Å². The Kier molecular flexibility index (Phi) is 5.50. The third-order valence-electron chi connectivity index (χ3n) is 5.36. The van der Waals surface area contributed by atoms with Crippen LogP contribution in [0.1, 0.15) is 42.9 Å². The normalized spacial score (nSPS) is 19.6. The first-order chi connectivity index (χ1) is 15.1. The maximum atomic E-state index is 13.5. The second-order valence-corrected chi connectivity index (χ2v) is 10.6. The Balaban J connectivity index is 1.82. The number of hydrogen-bond acceptors (Lipinski definition) is 6. The molecule has 166 valence electrons. The lowest BCUT2D eigenvalue weighted by Crippen LogP contribution is -2.45. The van der Waals surface area contributed by atoms with Crippen molar-refractivity contribution in [2.24, 2.45) is 4.99 Å². The second kappa shape index (κ2) is 8.02. The number of carbonyl (C=O) groups is 1. The van der Waals surface area contributed by atoms with Gasteiger partial charge in [0, 0.05) is 11.1 Å². The van der Waals surface area contributed by atoms with Crippen LogP contribution in [0.3, 0.4) is 0 Å². The van der Waals surface area contributed by atoms with E-state index in [1.54, 1.807) is 58.0 Å². The third-order valence-corrected chi connectivity index (χ3v) is 7.67. The summed E-state index contributed by atoms with van der Waals surface area (Å²) in [6.45, 7) is 6.96. The lowest BCUT2D eigenvalue weighted by molar-refractivity contribution is -0.122. The molecule has 3 aromatic rings. The van der Waals surface area contributed by atoms with Crippen molar-refractivity contribution in [2.45, 2.75) is 45.0 Å². The molecule has 4 rings (SSSR count). The molecular weight excluding hydrogens is 426 g/mol. The molecule has 7 nitrogen and oxygen atoms in total. The largest absolute Gasteiger partial charge is 0.361 e. The highest BCUT2D eigenvalue weighted by Crippen LogP contribution is 2.39. The molecule has 8 heteroatoms. The molecule has 1 atom stereocenters. The molecule has 1 aliphatic rings. The zero-order valence-electron chi connectivity index (χ0n) is 18.4. The Morgan fingerprint density at radius 1 is 1.03 bits per heavy atom. The van der Waals surface area contributed by atoms with Gasteiger partial charge in [0.1, 0.15) is 17.2 Å². The van der Waals surface area contributed by atoms with Crippen LogP contribution in [0.5, 0.6) is 0 Å². The fourth-order valence-corrected chi connectivity index (χ4v) is 6.19. The van der Waals surface area contributed by atoms with Gasteiger partial charge >= 0.3 is 0 Å². The van der Waals surface area contributed by atoms with Crippen molar-refractivity contribution in [3.63, 3.8) is 0 Å². The number of sulfonamides is 1. The van der Waals surface area contributed by atoms with E-state index in [1.165, 1.54) is 0 Å². The molecule has 0 aliphatic carbocycles. The SMILES string of the molecule is Cc1onc(-c2ccccc2)c1CN=C1C(=O)N(C(C)(C)C)S(=O)(=O)C1c1ccccc1. The Labute approximate surface area is 187 Å². The van der Waals surface area contributed by atoms with E-state index in [2.05, 4.69) is 10.1 Å². The van der Waals surface area contributed by atoms with Gasteiger partial charge in [-0.2, -0.15) is 0 Å². The number of carbonyl (C=O) groups excluding carboxylic acids is 1. The van der Waals surface area contributed by atoms with Gasteiger partial charge in [0.15, 0.2) is 5.25 Å². The Bertz CT molecular complexity index is 1270. The van der Waals surface area contributed by atoms with Crippen molar-refractivity contribution < 1.29 is 17.7 Å². The molecule has 0 spiro atoms. The van der Waals surface area contributed by atoms with E-state index < -0.39 is 26.7 Å². The highest BCUT2D eigenvalue weighted by Gasteiger charge is 2.54. The van der Waals surface area contributed by atoms with Crippen LogP contribution in [0.15, 0.2) is 70.2 Å². The Hall–Kier alpha value is -3.26. The molecular formula is C24H25N3O4S. The fraction of sp³-hybridized carbons (Fsp3) is 0.292. The van der Waals surface area contributed by atoms with Crippen LogP contribution in [0.25, 0.3) is 11.3 Å².